The fraction of sp³-hybridized carbons (Fsp3) is 0.182. The van der Waals surface area contributed by atoms with Gasteiger partial charge in [0.1, 0.15) is 6.42 Å². The van der Waals surface area contributed by atoms with Crippen molar-refractivity contribution in [3.8, 4) is 6.07 Å². The lowest BCUT2D eigenvalue weighted by molar-refractivity contribution is -0.115. The van der Waals surface area contributed by atoms with Crippen molar-refractivity contribution in [2.45, 2.75) is 26.4 Å². The van der Waals surface area contributed by atoms with E-state index in [1.54, 1.807) is 13.0 Å². The van der Waals surface area contributed by atoms with Gasteiger partial charge >= 0.3 is 5.97 Å². The van der Waals surface area contributed by atoms with Gasteiger partial charge in [0.25, 0.3) is 0 Å². The van der Waals surface area contributed by atoms with Crippen LogP contribution in [0.4, 0.5) is 5.69 Å². The molecule has 3 rings (SSSR count). The number of carbonyl (C=O) groups is 3. The summed E-state index contributed by atoms with van der Waals surface area (Å²) in [5.74, 6) is -1.36. The van der Waals surface area contributed by atoms with Crippen LogP contribution in [-0.4, -0.2) is 28.7 Å². The molecule has 146 valence electrons. The number of esters is 1. The summed E-state index contributed by atoms with van der Waals surface area (Å²) in [6, 6.07) is 15.2. The first-order valence-corrected chi connectivity index (χ1v) is 9.00. The molecule has 0 saturated carbocycles. The summed E-state index contributed by atoms with van der Waals surface area (Å²) < 4.78 is 5.35. The molecule has 0 aliphatic carbocycles. The number of benzene rings is 2. The molecule has 0 fully saturated rings. The molecular formula is C22H19N3O4. The number of fused-ring (bicyclic) bond motifs is 1. The van der Waals surface area contributed by atoms with E-state index in [9.17, 15) is 14.4 Å². The minimum Gasteiger partial charge on any atom is -0.451 e. The summed E-state index contributed by atoms with van der Waals surface area (Å²) in [7, 11) is 0. The maximum atomic E-state index is 12.9. The van der Waals surface area contributed by atoms with Gasteiger partial charge in [0.05, 0.1) is 11.6 Å². The summed E-state index contributed by atoms with van der Waals surface area (Å²) in [4.78, 5) is 39.9. The third kappa shape index (κ3) is 4.33. The number of nitriles is 1. The number of nitrogens with zero attached hydrogens (tertiary/aromatic N) is 1. The van der Waals surface area contributed by atoms with Crippen molar-refractivity contribution < 1.29 is 19.1 Å². The van der Waals surface area contributed by atoms with E-state index in [-0.39, 0.29) is 17.8 Å². The minimum absolute atomic E-state index is 0.249. The highest BCUT2D eigenvalue weighted by atomic mass is 16.5. The van der Waals surface area contributed by atoms with Gasteiger partial charge in [0, 0.05) is 27.8 Å². The van der Waals surface area contributed by atoms with Crippen LogP contribution in [0.15, 0.2) is 48.5 Å². The summed E-state index contributed by atoms with van der Waals surface area (Å²) in [6.45, 7) is 3.35. The van der Waals surface area contributed by atoms with Gasteiger partial charge in [-0.25, -0.2) is 4.79 Å². The SMILES string of the molecule is Cc1[nH]c2ccccc2c1C(=O)C(C)OC(=O)c1ccc(NC(=O)CC#N)cc1. The van der Waals surface area contributed by atoms with Crippen LogP contribution in [0.5, 0.6) is 0 Å². The molecule has 3 aromatic rings. The Kier molecular flexibility index (Phi) is 5.74. The molecule has 1 amide bonds. The zero-order valence-electron chi connectivity index (χ0n) is 16.0. The predicted octanol–water partition coefficient (Wildman–Crippen LogP) is 3.76. The highest BCUT2D eigenvalue weighted by Crippen LogP contribution is 2.24. The van der Waals surface area contributed by atoms with E-state index in [0.717, 1.165) is 16.6 Å². The standard InChI is InChI=1S/C22H19N3O4/c1-13-20(17-5-3-4-6-18(17)24-13)21(27)14(2)29-22(28)15-7-9-16(10-8-15)25-19(26)11-12-23/h3-10,14,24H,11H2,1-2H3,(H,25,26). The molecule has 0 bridgehead atoms. The molecule has 29 heavy (non-hydrogen) atoms. The highest BCUT2D eigenvalue weighted by Gasteiger charge is 2.24. The summed E-state index contributed by atoms with van der Waals surface area (Å²) >= 11 is 0. The number of nitrogens with one attached hydrogen (secondary N) is 2. The highest BCUT2D eigenvalue weighted by molar-refractivity contribution is 6.11. The van der Waals surface area contributed by atoms with Crippen molar-refractivity contribution in [3.05, 3.63) is 65.4 Å². The first-order valence-electron chi connectivity index (χ1n) is 9.00. The lowest BCUT2D eigenvalue weighted by atomic mass is 10.0. The number of hydrogen-bond donors (Lipinski definition) is 2. The molecule has 2 aromatic carbocycles. The van der Waals surface area contributed by atoms with Crippen LogP contribution in [0.3, 0.4) is 0 Å². The van der Waals surface area contributed by atoms with Gasteiger partial charge in [-0.15, -0.1) is 0 Å². The van der Waals surface area contributed by atoms with Crippen LogP contribution in [0, 0.1) is 18.3 Å². The fourth-order valence-electron chi connectivity index (χ4n) is 3.05. The summed E-state index contributed by atoms with van der Waals surface area (Å²) in [5.41, 5.74) is 2.79. The zero-order chi connectivity index (χ0) is 21.0. The van der Waals surface area contributed by atoms with E-state index >= 15 is 0 Å². The smallest absolute Gasteiger partial charge is 0.338 e. The molecule has 0 spiro atoms. The normalized spacial score (nSPS) is 11.5. The Bertz CT molecular complexity index is 1120. The summed E-state index contributed by atoms with van der Waals surface area (Å²) in [6.07, 6.45) is -1.22. The zero-order valence-corrected chi connectivity index (χ0v) is 16.0. The Morgan fingerprint density at radius 3 is 2.52 bits per heavy atom. The molecule has 0 radical (unpaired) electrons. The Morgan fingerprint density at radius 1 is 1.14 bits per heavy atom. The van der Waals surface area contributed by atoms with Gasteiger partial charge < -0.3 is 15.0 Å². The molecule has 0 saturated heterocycles. The number of aromatic amines is 1. The number of ether oxygens (including phenoxy) is 1. The second-order valence-corrected chi connectivity index (χ2v) is 6.54. The van der Waals surface area contributed by atoms with Crippen LogP contribution in [0.2, 0.25) is 0 Å². The van der Waals surface area contributed by atoms with Crippen LogP contribution in [-0.2, 0) is 9.53 Å². The average Bonchev–Trinajstić information content (AvgIpc) is 3.03. The topological polar surface area (TPSA) is 112 Å². The van der Waals surface area contributed by atoms with E-state index < -0.39 is 18.0 Å². The number of hydrogen-bond acceptors (Lipinski definition) is 5. The van der Waals surface area contributed by atoms with Gasteiger partial charge in [-0.3, -0.25) is 9.59 Å². The molecule has 0 aliphatic heterocycles. The molecule has 7 heteroatoms. The van der Waals surface area contributed by atoms with E-state index in [1.165, 1.54) is 31.2 Å². The molecule has 2 N–H and O–H groups in total. The molecular weight excluding hydrogens is 370 g/mol. The van der Waals surface area contributed by atoms with Crippen LogP contribution < -0.4 is 5.32 Å². The number of aromatic nitrogens is 1. The number of anilines is 1. The maximum Gasteiger partial charge on any atom is 0.338 e. The van der Waals surface area contributed by atoms with E-state index in [0.29, 0.717) is 11.3 Å². The molecule has 1 aromatic heterocycles. The number of ketones is 1. The lowest BCUT2D eigenvalue weighted by Gasteiger charge is -2.13. The first-order chi connectivity index (χ1) is 13.9. The van der Waals surface area contributed by atoms with Crippen molar-refractivity contribution in [2.24, 2.45) is 0 Å². The number of rotatable bonds is 6. The van der Waals surface area contributed by atoms with Crippen molar-refractivity contribution in [1.82, 2.24) is 4.98 Å². The number of amides is 1. The average molecular weight is 389 g/mol. The van der Waals surface area contributed by atoms with Crippen LogP contribution >= 0.6 is 0 Å². The Hall–Kier alpha value is -3.92. The van der Waals surface area contributed by atoms with Crippen molar-refractivity contribution in [1.29, 1.82) is 5.26 Å². The van der Waals surface area contributed by atoms with E-state index in [2.05, 4.69) is 10.3 Å². The van der Waals surface area contributed by atoms with E-state index in [1.807, 2.05) is 24.3 Å². The Labute approximate surface area is 167 Å². The van der Waals surface area contributed by atoms with Crippen LogP contribution in [0.1, 0.15) is 39.8 Å². The molecule has 1 heterocycles. The molecule has 0 aliphatic rings. The predicted molar refractivity (Wildman–Crippen MR) is 108 cm³/mol. The third-order valence-corrected chi connectivity index (χ3v) is 4.44. The second kappa shape index (κ2) is 8.40. The number of carbonyl (C=O) groups excluding carboxylic acids is 3. The van der Waals surface area contributed by atoms with E-state index in [4.69, 9.17) is 10.00 Å². The summed E-state index contributed by atoms with van der Waals surface area (Å²) in [5, 5.41) is 11.8. The Balaban J connectivity index is 1.70. The molecule has 1 unspecified atom stereocenters. The van der Waals surface area contributed by atoms with Gasteiger partial charge in [-0.05, 0) is 44.2 Å². The minimum atomic E-state index is -0.963. The fourth-order valence-corrected chi connectivity index (χ4v) is 3.05. The van der Waals surface area contributed by atoms with Gasteiger partial charge in [-0.1, -0.05) is 18.2 Å². The van der Waals surface area contributed by atoms with Gasteiger partial charge in [0.2, 0.25) is 11.7 Å². The quantitative estimate of drug-likeness (QED) is 0.492. The monoisotopic (exact) mass is 389 g/mol. The number of para-hydroxylation sites is 1. The maximum absolute atomic E-state index is 12.9. The van der Waals surface area contributed by atoms with Gasteiger partial charge in [0.15, 0.2) is 6.10 Å². The first kappa shape index (κ1) is 19.8. The number of aryl methyl sites for hydroxylation is 1. The van der Waals surface area contributed by atoms with Crippen LogP contribution in [0.25, 0.3) is 10.9 Å². The Morgan fingerprint density at radius 2 is 1.83 bits per heavy atom. The second-order valence-electron chi connectivity index (χ2n) is 6.54. The van der Waals surface area contributed by atoms with Crippen molar-refractivity contribution >= 4 is 34.3 Å². The third-order valence-electron chi connectivity index (χ3n) is 4.44. The number of H-pyrrole nitrogens is 1. The largest absolute Gasteiger partial charge is 0.451 e. The molecule has 1 atom stereocenters. The number of Topliss-reactive ketones (excluding diaryl/α,β-unsaturated/α-hetero) is 1. The van der Waals surface area contributed by atoms with Crippen molar-refractivity contribution in [3.63, 3.8) is 0 Å². The van der Waals surface area contributed by atoms with Gasteiger partial charge in [-0.2, -0.15) is 5.26 Å². The lowest BCUT2D eigenvalue weighted by Crippen LogP contribution is -2.25. The van der Waals surface area contributed by atoms with Crippen molar-refractivity contribution in [2.75, 3.05) is 5.32 Å². The molecule has 7 nitrogen and oxygen atoms in total.